The van der Waals surface area contributed by atoms with Crippen LogP contribution in [0, 0.1) is 0 Å². The Bertz CT molecular complexity index is 1080. The molecule has 0 aliphatic carbocycles. The monoisotopic (exact) mass is 455 g/mol. The van der Waals surface area contributed by atoms with Gasteiger partial charge in [0.25, 0.3) is 0 Å². The molecule has 2 aromatic carbocycles. The number of nitrogens with one attached hydrogen (secondary N) is 1. The highest BCUT2D eigenvalue weighted by atomic mass is 35.5. The summed E-state index contributed by atoms with van der Waals surface area (Å²) in [6.07, 6.45) is -3.87. The summed E-state index contributed by atoms with van der Waals surface area (Å²) in [5.74, 6) is 0.370. The van der Waals surface area contributed by atoms with Crippen LogP contribution in [0.3, 0.4) is 0 Å². The Morgan fingerprint density at radius 2 is 1.90 bits per heavy atom. The number of ether oxygens (including phenoxy) is 1. The molecule has 9 heteroatoms. The van der Waals surface area contributed by atoms with Gasteiger partial charge < -0.3 is 19.7 Å². The van der Waals surface area contributed by atoms with E-state index in [1.165, 1.54) is 7.11 Å². The number of nitrogens with zero attached hydrogens (tertiary/aromatic N) is 2. The summed E-state index contributed by atoms with van der Waals surface area (Å²) in [7, 11) is 3.18. The number of aliphatic hydroxyl groups is 1. The lowest BCUT2D eigenvalue weighted by atomic mass is 9.74. The van der Waals surface area contributed by atoms with E-state index in [1.54, 1.807) is 68.2 Å². The lowest BCUT2D eigenvalue weighted by Crippen LogP contribution is -2.53. The van der Waals surface area contributed by atoms with Crippen molar-refractivity contribution in [1.29, 1.82) is 0 Å². The quantitative estimate of drug-likeness (QED) is 0.507. The molecule has 31 heavy (non-hydrogen) atoms. The zero-order chi connectivity index (χ0) is 23.0. The van der Waals surface area contributed by atoms with Gasteiger partial charge in [-0.15, -0.1) is 0 Å². The van der Waals surface area contributed by atoms with Crippen molar-refractivity contribution in [2.45, 2.75) is 37.5 Å². The van der Waals surface area contributed by atoms with Crippen molar-refractivity contribution in [3.8, 4) is 5.75 Å². The molecule has 0 unspecified atom stereocenters. The van der Waals surface area contributed by atoms with Gasteiger partial charge in [-0.05, 0) is 41.7 Å². The molecule has 0 aliphatic rings. The number of imidazole rings is 1. The van der Waals surface area contributed by atoms with Crippen molar-refractivity contribution >= 4 is 28.3 Å². The molecule has 0 amide bonds. The first-order valence-corrected chi connectivity index (χ1v) is 10.0. The van der Waals surface area contributed by atoms with E-state index >= 15 is 0 Å². The number of methoxy groups -OCH3 is 1. The van der Waals surface area contributed by atoms with E-state index in [9.17, 15) is 18.3 Å². The molecule has 0 bridgehead atoms. The number of rotatable bonds is 7. The summed E-state index contributed by atoms with van der Waals surface area (Å²) < 4.78 is 49.3. The van der Waals surface area contributed by atoms with E-state index in [0.717, 1.165) is 0 Å². The predicted molar refractivity (Wildman–Crippen MR) is 116 cm³/mol. The fourth-order valence-electron chi connectivity index (χ4n) is 3.91. The minimum Gasteiger partial charge on any atom is -0.496 e. The van der Waals surface area contributed by atoms with Gasteiger partial charge in [0.05, 0.1) is 36.7 Å². The molecule has 0 spiro atoms. The van der Waals surface area contributed by atoms with Gasteiger partial charge >= 0.3 is 6.18 Å². The number of hydrogen-bond donors (Lipinski definition) is 2. The van der Waals surface area contributed by atoms with Crippen LogP contribution in [0.1, 0.15) is 25.8 Å². The molecule has 3 aromatic rings. The van der Waals surface area contributed by atoms with Gasteiger partial charge in [-0.3, -0.25) is 0 Å². The third kappa shape index (κ3) is 4.60. The zero-order valence-electron chi connectivity index (χ0n) is 17.7. The number of aryl methyl sites for hydroxylation is 1. The summed E-state index contributed by atoms with van der Waals surface area (Å²) in [4.78, 5) is 4.21. The molecular formula is C22H25ClF3N3O2. The molecule has 1 heterocycles. The number of fused-ring (bicyclic) bond motifs is 1. The van der Waals surface area contributed by atoms with Crippen molar-refractivity contribution in [3.63, 3.8) is 0 Å². The molecule has 1 aromatic heterocycles. The molecular weight excluding hydrogens is 431 g/mol. The molecule has 5 nitrogen and oxygen atoms in total. The van der Waals surface area contributed by atoms with Gasteiger partial charge in [-0.1, -0.05) is 37.6 Å². The van der Waals surface area contributed by atoms with E-state index in [0.29, 0.717) is 33.1 Å². The second-order valence-corrected chi connectivity index (χ2v) is 8.75. The topological polar surface area (TPSA) is 59.3 Å². The van der Waals surface area contributed by atoms with Crippen molar-refractivity contribution in [1.82, 2.24) is 9.55 Å². The molecule has 3 rings (SSSR count). The minimum absolute atomic E-state index is 0.370. The maximum atomic E-state index is 14.1. The van der Waals surface area contributed by atoms with Crippen molar-refractivity contribution in [2.75, 3.05) is 19.0 Å². The maximum absolute atomic E-state index is 14.1. The molecule has 168 valence electrons. The molecule has 0 aliphatic heterocycles. The first-order valence-electron chi connectivity index (χ1n) is 9.65. The number of benzene rings is 2. The molecule has 0 saturated heterocycles. The lowest BCUT2D eigenvalue weighted by Gasteiger charge is -2.38. The molecule has 0 saturated carbocycles. The highest BCUT2D eigenvalue weighted by molar-refractivity contribution is 6.30. The van der Waals surface area contributed by atoms with Crippen molar-refractivity contribution < 1.29 is 23.0 Å². The Balaban J connectivity index is 1.93. The number of halogens is 4. The fourth-order valence-corrected chi connectivity index (χ4v) is 4.07. The second-order valence-electron chi connectivity index (χ2n) is 8.32. The Morgan fingerprint density at radius 1 is 1.19 bits per heavy atom. The Hall–Kier alpha value is -2.45. The van der Waals surface area contributed by atoms with Gasteiger partial charge in [-0.25, -0.2) is 4.98 Å². The highest BCUT2D eigenvalue weighted by Crippen LogP contribution is 2.44. The Kier molecular flexibility index (Phi) is 6.17. The zero-order valence-corrected chi connectivity index (χ0v) is 18.5. The van der Waals surface area contributed by atoms with Crippen LogP contribution in [-0.4, -0.2) is 40.1 Å². The van der Waals surface area contributed by atoms with E-state index < -0.39 is 30.2 Å². The first kappa shape index (κ1) is 23.2. The number of hydrogen-bond acceptors (Lipinski definition) is 4. The maximum Gasteiger partial charge on any atom is 0.418 e. The number of alkyl halides is 3. The predicted octanol–water partition coefficient (Wildman–Crippen LogP) is 5.31. The third-order valence-electron chi connectivity index (χ3n) is 5.46. The van der Waals surface area contributed by atoms with Crippen LogP contribution in [0.4, 0.5) is 18.9 Å². The van der Waals surface area contributed by atoms with Gasteiger partial charge in [0.15, 0.2) is 5.60 Å². The number of para-hydroxylation sites is 1. The van der Waals surface area contributed by atoms with Crippen LogP contribution in [0.2, 0.25) is 5.02 Å². The largest absolute Gasteiger partial charge is 0.496 e. The summed E-state index contributed by atoms with van der Waals surface area (Å²) in [6, 6.07) is 9.90. The normalized spacial score (nSPS) is 14.5. The lowest BCUT2D eigenvalue weighted by molar-refractivity contribution is -0.260. The summed E-state index contributed by atoms with van der Waals surface area (Å²) >= 11 is 5.99. The van der Waals surface area contributed by atoms with Crippen LogP contribution in [-0.2, 0) is 12.5 Å². The Morgan fingerprint density at radius 3 is 2.55 bits per heavy atom. The van der Waals surface area contributed by atoms with Crippen molar-refractivity contribution in [2.24, 2.45) is 7.05 Å². The van der Waals surface area contributed by atoms with E-state index in [2.05, 4.69) is 10.3 Å². The van der Waals surface area contributed by atoms with Crippen LogP contribution in [0.25, 0.3) is 11.0 Å². The molecule has 1 atom stereocenters. The van der Waals surface area contributed by atoms with Crippen molar-refractivity contribution in [3.05, 3.63) is 53.3 Å². The standard InChI is InChI=1S/C22H25ClF3N3O2/c1-20(2,15-9-8-14(23)10-18(15)31-4)11-21(30,22(24,25)26)12-27-16-6-5-7-17-19(16)29(3)13-28-17/h5-10,13,27,30H,11-12H2,1-4H3/t21-/m1/s1. The van der Waals surface area contributed by atoms with Crippen LogP contribution < -0.4 is 10.1 Å². The summed E-state index contributed by atoms with van der Waals surface area (Å²) in [5, 5.41) is 14.0. The average Bonchev–Trinajstić information content (AvgIpc) is 3.06. The smallest absolute Gasteiger partial charge is 0.418 e. The summed E-state index contributed by atoms with van der Waals surface area (Å²) in [6.45, 7) is 2.55. The first-order chi connectivity index (χ1) is 14.4. The van der Waals surface area contributed by atoms with Gasteiger partial charge in [0.2, 0.25) is 0 Å². The number of aromatic nitrogens is 2. The van der Waals surface area contributed by atoms with Crippen LogP contribution in [0.5, 0.6) is 5.75 Å². The van der Waals surface area contributed by atoms with Gasteiger partial charge in [-0.2, -0.15) is 13.2 Å². The minimum atomic E-state index is -4.86. The highest BCUT2D eigenvalue weighted by Gasteiger charge is 2.56. The summed E-state index contributed by atoms with van der Waals surface area (Å²) in [5.41, 5.74) is -1.78. The second kappa shape index (κ2) is 8.24. The number of anilines is 1. The van der Waals surface area contributed by atoms with E-state index in [-0.39, 0.29) is 0 Å². The van der Waals surface area contributed by atoms with Gasteiger partial charge in [0, 0.05) is 12.1 Å². The molecule has 0 fully saturated rings. The third-order valence-corrected chi connectivity index (χ3v) is 5.70. The fraction of sp³-hybridized carbons (Fsp3) is 0.409. The SMILES string of the molecule is COc1cc(Cl)ccc1C(C)(C)C[C@@](O)(CNc1cccc2ncn(C)c12)C(F)(F)F. The average molecular weight is 456 g/mol. The molecule has 2 N–H and O–H groups in total. The van der Waals surface area contributed by atoms with Gasteiger partial charge in [0.1, 0.15) is 5.75 Å². The van der Waals surface area contributed by atoms with E-state index in [1.807, 2.05) is 0 Å². The molecule has 0 radical (unpaired) electrons. The van der Waals surface area contributed by atoms with Crippen LogP contribution >= 0.6 is 11.6 Å². The van der Waals surface area contributed by atoms with Crippen LogP contribution in [0.15, 0.2) is 42.7 Å². The van der Waals surface area contributed by atoms with E-state index in [4.69, 9.17) is 16.3 Å². The Labute approximate surface area is 183 Å².